The van der Waals surface area contributed by atoms with E-state index in [4.69, 9.17) is 19.3 Å². The summed E-state index contributed by atoms with van der Waals surface area (Å²) in [6, 6.07) is 5.49. The van der Waals surface area contributed by atoms with Crippen LogP contribution in [0.15, 0.2) is 18.2 Å². The van der Waals surface area contributed by atoms with E-state index >= 15 is 0 Å². The lowest BCUT2D eigenvalue weighted by Gasteiger charge is -2.12. The van der Waals surface area contributed by atoms with Crippen molar-refractivity contribution in [3.05, 3.63) is 23.8 Å². The molecule has 1 fully saturated rings. The van der Waals surface area contributed by atoms with Gasteiger partial charge in [-0.3, -0.25) is 0 Å². The maximum atomic E-state index is 8.80. The minimum absolute atomic E-state index is 0.174. The molecule has 4 nitrogen and oxygen atoms in total. The van der Waals surface area contributed by atoms with Crippen molar-refractivity contribution in [1.82, 2.24) is 0 Å². The van der Waals surface area contributed by atoms with Crippen LogP contribution in [0.25, 0.3) is 0 Å². The lowest BCUT2D eigenvalue weighted by molar-refractivity contribution is 0.0903. The smallest absolute Gasteiger partial charge is 0.135 e. The van der Waals surface area contributed by atoms with Gasteiger partial charge in [0.25, 0.3) is 0 Å². The number of hydrogen-bond donors (Lipinski definition) is 1. The third-order valence-corrected chi connectivity index (χ3v) is 3.21. The molecule has 1 aromatic rings. The maximum Gasteiger partial charge on any atom is 0.135 e. The molecule has 0 radical (unpaired) electrons. The molecule has 20 heavy (non-hydrogen) atoms. The molecule has 1 N–H and O–H groups in total. The normalized spacial score (nSPS) is 17.4. The Morgan fingerprint density at radius 2 is 2.35 bits per heavy atom. The number of methoxy groups -OCH3 is 1. The maximum absolute atomic E-state index is 8.80. The molecule has 1 aromatic carbocycles. The Kier molecular flexibility index (Phi) is 5.72. The standard InChI is InChI=1S/C16H20O4/c1-18-15-6-7-16(13(12-15)4-2-9-17)20-11-8-14-5-3-10-19-14/h6-7,12,14,17H,3,5,8-11H2,1H3. The van der Waals surface area contributed by atoms with E-state index in [-0.39, 0.29) is 6.61 Å². The molecule has 1 atom stereocenters. The summed E-state index contributed by atoms with van der Waals surface area (Å²) in [5, 5.41) is 8.80. The Bertz CT molecular complexity index is 481. The van der Waals surface area contributed by atoms with Crippen molar-refractivity contribution < 1.29 is 19.3 Å². The van der Waals surface area contributed by atoms with Gasteiger partial charge in [-0.05, 0) is 31.0 Å². The van der Waals surface area contributed by atoms with Crippen molar-refractivity contribution in [3.8, 4) is 23.3 Å². The monoisotopic (exact) mass is 276 g/mol. The zero-order chi connectivity index (χ0) is 14.2. The fraction of sp³-hybridized carbons (Fsp3) is 0.500. The Morgan fingerprint density at radius 1 is 1.45 bits per heavy atom. The Hall–Kier alpha value is -1.70. The van der Waals surface area contributed by atoms with Crippen LogP contribution in [0.1, 0.15) is 24.8 Å². The molecule has 0 amide bonds. The molecule has 4 heteroatoms. The lowest BCUT2D eigenvalue weighted by Crippen LogP contribution is -2.11. The lowest BCUT2D eigenvalue weighted by atomic mass is 10.2. The predicted octanol–water partition coefficient (Wildman–Crippen LogP) is 1.99. The van der Waals surface area contributed by atoms with Gasteiger partial charge in [0.2, 0.25) is 0 Å². The van der Waals surface area contributed by atoms with E-state index in [9.17, 15) is 0 Å². The topological polar surface area (TPSA) is 47.9 Å². The van der Waals surface area contributed by atoms with Crippen molar-refractivity contribution in [2.45, 2.75) is 25.4 Å². The zero-order valence-corrected chi connectivity index (χ0v) is 11.7. The third-order valence-electron chi connectivity index (χ3n) is 3.21. The van der Waals surface area contributed by atoms with E-state index in [1.165, 1.54) is 0 Å². The number of aliphatic hydroxyl groups excluding tert-OH is 1. The summed E-state index contributed by atoms with van der Waals surface area (Å²) in [6.07, 6.45) is 3.46. The molecule has 0 aliphatic carbocycles. The molecule has 0 aromatic heterocycles. The number of benzene rings is 1. The zero-order valence-electron chi connectivity index (χ0n) is 11.7. The second-order valence-corrected chi connectivity index (χ2v) is 4.59. The van der Waals surface area contributed by atoms with Gasteiger partial charge in [-0.1, -0.05) is 11.8 Å². The molecule has 1 saturated heterocycles. The number of rotatable bonds is 5. The molecule has 1 aliphatic heterocycles. The van der Waals surface area contributed by atoms with Crippen molar-refractivity contribution in [2.75, 3.05) is 26.9 Å². The van der Waals surface area contributed by atoms with Crippen LogP contribution in [-0.4, -0.2) is 38.1 Å². The minimum atomic E-state index is -0.174. The van der Waals surface area contributed by atoms with Gasteiger partial charge in [0.1, 0.15) is 18.1 Å². The van der Waals surface area contributed by atoms with Gasteiger partial charge in [-0.2, -0.15) is 0 Å². The van der Waals surface area contributed by atoms with E-state index in [0.29, 0.717) is 18.5 Å². The molecular formula is C16H20O4. The Balaban J connectivity index is 1.97. The number of aliphatic hydroxyl groups is 1. The van der Waals surface area contributed by atoms with Crippen molar-refractivity contribution in [3.63, 3.8) is 0 Å². The van der Waals surface area contributed by atoms with Gasteiger partial charge in [0, 0.05) is 13.0 Å². The summed E-state index contributed by atoms with van der Waals surface area (Å²) in [7, 11) is 1.61. The molecule has 0 bridgehead atoms. The summed E-state index contributed by atoms with van der Waals surface area (Å²) in [6.45, 7) is 1.29. The molecule has 1 heterocycles. The number of ether oxygens (including phenoxy) is 3. The molecular weight excluding hydrogens is 256 g/mol. The van der Waals surface area contributed by atoms with Gasteiger partial charge in [-0.15, -0.1) is 0 Å². The van der Waals surface area contributed by atoms with Gasteiger partial charge >= 0.3 is 0 Å². The van der Waals surface area contributed by atoms with E-state index < -0.39 is 0 Å². The van der Waals surface area contributed by atoms with Gasteiger partial charge in [0.15, 0.2) is 0 Å². The van der Waals surface area contributed by atoms with Crippen LogP contribution in [0.2, 0.25) is 0 Å². The Labute approximate surface area is 119 Å². The minimum Gasteiger partial charge on any atom is -0.497 e. The molecule has 0 saturated carbocycles. The van der Waals surface area contributed by atoms with Crippen LogP contribution in [0, 0.1) is 11.8 Å². The first-order valence-electron chi connectivity index (χ1n) is 6.85. The summed E-state index contributed by atoms with van der Waals surface area (Å²) < 4.78 is 16.5. The average Bonchev–Trinajstić information content (AvgIpc) is 2.99. The largest absolute Gasteiger partial charge is 0.497 e. The van der Waals surface area contributed by atoms with Crippen LogP contribution >= 0.6 is 0 Å². The highest BCUT2D eigenvalue weighted by molar-refractivity contribution is 5.50. The summed E-state index contributed by atoms with van der Waals surface area (Å²) in [5.41, 5.74) is 0.728. The first kappa shape index (κ1) is 14.7. The highest BCUT2D eigenvalue weighted by Gasteiger charge is 2.15. The van der Waals surface area contributed by atoms with E-state index in [1.807, 2.05) is 18.2 Å². The first-order valence-corrected chi connectivity index (χ1v) is 6.85. The van der Waals surface area contributed by atoms with Gasteiger partial charge in [0.05, 0.1) is 25.4 Å². The summed E-state index contributed by atoms with van der Waals surface area (Å²) >= 11 is 0. The van der Waals surface area contributed by atoms with E-state index in [2.05, 4.69) is 11.8 Å². The van der Waals surface area contributed by atoms with Gasteiger partial charge < -0.3 is 19.3 Å². The molecule has 2 rings (SSSR count). The summed E-state index contributed by atoms with van der Waals surface area (Å²) in [5.74, 6) is 6.95. The molecule has 1 unspecified atom stereocenters. The van der Waals surface area contributed by atoms with Crippen LogP contribution < -0.4 is 9.47 Å². The molecule has 0 spiro atoms. The second kappa shape index (κ2) is 7.78. The van der Waals surface area contributed by atoms with E-state index in [0.717, 1.165) is 37.2 Å². The van der Waals surface area contributed by atoms with Crippen LogP contribution in [0.5, 0.6) is 11.5 Å². The van der Waals surface area contributed by atoms with Crippen LogP contribution in [0.4, 0.5) is 0 Å². The fourth-order valence-electron chi connectivity index (χ4n) is 2.17. The quantitative estimate of drug-likeness (QED) is 0.836. The number of hydrogen-bond acceptors (Lipinski definition) is 4. The summed E-state index contributed by atoms with van der Waals surface area (Å²) in [4.78, 5) is 0. The van der Waals surface area contributed by atoms with Crippen molar-refractivity contribution in [1.29, 1.82) is 0 Å². The van der Waals surface area contributed by atoms with Gasteiger partial charge in [-0.25, -0.2) is 0 Å². The highest BCUT2D eigenvalue weighted by Crippen LogP contribution is 2.24. The van der Waals surface area contributed by atoms with Crippen molar-refractivity contribution in [2.24, 2.45) is 0 Å². The fourth-order valence-corrected chi connectivity index (χ4v) is 2.17. The predicted molar refractivity (Wildman–Crippen MR) is 76.0 cm³/mol. The SMILES string of the molecule is COc1ccc(OCCC2CCCO2)c(C#CCO)c1. The van der Waals surface area contributed by atoms with Crippen LogP contribution in [-0.2, 0) is 4.74 Å². The van der Waals surface area contributed by atoms with Crippen LogP contribution in [0.3, 0.4) is 0 Å². The van der Waals surface area contributed by atoms with E-state index in [1.54, 1.807) is 7.11 Å². The average molecular weight is 276 g/mol. The highest BCUT2D eigenvalue weighted by atomic mass is 16.5. The molecule has 108 valence electrons. The third kappa shape index (κ3) is 4.16. The second-order valence-electron chi connectivity index (χ2n) is 4.59. The first-order chi connectivity index (χ1) is 9.83. The van der Waals surface area contributed by atoms with Crippen molar-refractivity contribution >= 4 is 0 Å². The molecule has 1 aliphatic rings. The Morgan fingerprint density at radius 3 is 3.05 bits per heavy atom.